The lowest BCUT2D eigenvalue weighted by Crippen LogP contribution is -2.47. The van der Waals surface area contributed by atoms with Crippen molar-refractivity contribution < 1.29 is 54.4 Å². The molecular formula is C45H62N4O11. The predicted molar refractivity (Wildman–Crippen MR) is 227 cm³/mol. The second-order valence-corrected chi connectivity index (χ2v) is 17.2. The summed E-state index contributed by atoms with van der Waals surface area (Å²) in [4.78, 5) is 30.7. The number of aliphatic hydroxyl groups is 3. The first-order chi connectivity index (χ1) is 28.4. The molecule has 1 saturated heterocycles. The highest BCUT2D eigenvalue weighted by Crippen LogP contribution is 2.55. The van der Waals surface area contributed by atoms with Gasteiger partial charge in [-0.05, 0) is 32.8 Å². The number of phenols is 3. The predicted octanol–water partition coefficient (Wildman–Crippen LogP) is 5.08. The zero-order chi connectivity index (χ0) is 43.8. The smallest absolute Gasteiger partial charge is 0.312 e. The second-order valence-electron chi connectivity index (χ2n) is 17.2. The first-order valence-corrected chi connectivity index (χ1v) is 21.0. The summed E-state index contributed by atoms with van der Waals surface area (Å²) in [6.07, 6.45) is 9.71. The third-order valence-electron chi connectivity index (χ3n) is 13.3. The standard InChI is InChI=1S/C45H62N4O11/c1-23-12-11-13-24(2)44(57)47-35-30(22-46-49-19-17-48(18-20-49)29-14-9-10-15-29)40(54)32-33(41(35)55)39(53)28(6)42-34(32)43(56)45(7,60-42)59-21-16-31(58-8)25(3)37(51)27(5)38(52)26(4)36(23)50/h11-13,16,21-23,25-27,29,31,36-38,50-55H,9-10,14-15,17-20H2,1-8H3,(H,47,57)/b12-11?,21-16-,24-13-,46-22+/t23-,25-,26+,27-,31-,36-,37+,38+,45-/m0/s1. The number of ketones is 1. The van der Waals surface area contributed by atoms with Crippen molar-refractivity contribution in [3.63, 3.8) is 0 Å². The number of hydrogen-bond acceptors (Lipinski definition) is 14. The van der Waals surface area contributed by atoms with Crippen LogP contribution in [0.3, 0.4) is 0 Å². The molecule has 0 aromatic heterocycles. The zero-order valence-electron chi connectivity index (χ0n) is 35.9. The van der Waals surface area contributed by atoms with Crippen LogP contribution in [0.1, 0.15) is 88.7 Å². The largest absolute Gasteiger partial charge is 0.507 e. The lowest BCUT2D eigenvalue weighted by Gasteiger charge is -2.36. The Kier molecular flexibility index (Phi) is 13.6. The van der Waals surface area contributed by atoms with E-state index in [1.807, 2.05) is 5.01 Å². The minimum atomic E-state index is -2.01. The number of Topliss-reactive ketones (excluding diaryl/α,β-unsaturated/α-hetero) is 1. The molecule has 2 fully saturated rings. The van der Waals surface area contributed by atoms with Crippen LogP contribution in [0.4, 0.5) is 5.69 Å². The molecule has 1 saturated carbocycles. The fraction of sp³-hybridized carbons (Fsp3) is 0.578. The Labute approximate surface area is 351 Å². The maximum absolute atomic E-state index is 14.4. The molecule has 328 valence electrons. The number of nitrogens with one attached hydrogen (secondary N) is 1. The molecular weight excluding hydrogens is 773 g/mol. The molecule has 1 aliphatic carbocycles. The van der Waals surface area contributed by atoms with E-state index in [9.17, 15) is 40.2 Å². The highest BCUT2D eigenvalue weighted by atomic mass is 16.7. The van der Waals surface area contributed by atoms with E-state index in [0.717, 1.165) is 13.1 Å². The zero-order valence-corrected chi connectivity index (χ0v) is 35.9. The van der Waals surface area contributed by atoms with Gasteiger partial charge in [-0.2, -0.15) is 5.10 Å². The number of phenolic OH excluding ortho intramolecular Hbond substituents is 3. The number of piperazine rings is 1. The number of amides is 1. The van der Waals surface area contributed by atoms with E-state index in [4.69, 9.17) is 14.2 Å². The van der Waals surface area contributed by atoms with Crippen molar-refractivity contribution in [3.05, 3.63) is 52.8 Å². The van der Waals surface area contributed by atoms with Crippen LogP contribution in [0, 0.1) is 30.6 Å². The fourth-order valence-corrected chi connectivity index (χ4v) is 9.08. The van der Waals surface area contributed by atoms with Gasteiger partial charge in [0, 0.05) is 86.4 Å². The summed E-state index contributed by atoms with van der Waals surface area (Å²) in [5.74, 6) is -7.52. The molecule has 7 rings (SSSR count). The number of hydrogen-bond donors (Lipinski definition) is 7. The van der Waals surface area contributed by atoms with Gasteiger partial charge < -0.3 is 50.2 Å². The Morgan fingerprint density at radius 3 is 2.15 bits per heavy atom. The lowest BCUT2D eigenvalue weighted by atomic mass is 9.78. The summed E-state index contributed by atoms with van der Waals surface area (Å²) in [5.41, 5.74) is -0.233. The van der Waals surface area contributed by atoms with Gasteiger partial charge in [-0.15, -0.1) is 0 Å². The third-order valence-corrected chi connectivity index (χ3v) is 13.3. The summed E-state index contributed by atoms with van der Waals surface area (Å²) >= 11 is 0. The Hall–Kier alpha value is -4.67. The van der Waals surface area contributed by atoms with Crippen LogP contribution < -0.4 is 10.1 Å². The van der Waals surface area contributed by atoms with Gasteiger partial charge in [0.2, 0.25) is 0 Å². The normalized spacial score (nSPS) is 33.0. The number of aromatic hydroxyl groups is 3. The molecule has 5 aliphatic rings. The van der Waals surface area contributed by atoms with Gasteiger partial charge in [-0.3, -0.25) is 19.5 Å². The van der Waals surface area contributed by atoms with Gasteiger partial charge in [0.25, 0.3) is 11.7 Å². The van der Waals surface area contributed by atoms with Crippen LogP contribution in [0.15, 0.2) is 41.2 Å². The van der Waals surface area contributed by atoms with Crippen molar-refractivity contribution in [1.82, 2.24) is 9.91 Å². The second kappa shape index (κ2) is 18.1. The molecule has 7 N–H and O–H groups in total. The molecule has 5 bridgehead atoms. The molecule has 60 heavy (non-hydrogen) atoms. The van der Waals surface area contributed by atoms with Crippen LogP contribution in [0.25, 0.3) is 10.8 Å². The van der Waals surface area contributed by atoms with Gasteiger partial charge in [-0.1, -0.05) is 58.8 Å². The van der Waals surface area contributed by atoms with Crippen molar-refractivity contribution in [2.24, 2.45) is 28.8 Å². The van der Waals surface area contributed by atoms with E-state index in [0.29, 0.717) is 19.1 Å². The van der Waals surface area contributed by atoms with Gasteiger partial charge in [0.1, 0.15) is 17.2 Å². The highest BCUT2D eigenvalue weighted by molar-refractivity contribution is 6.23. The van der Waals surface area contributed by atoms with Gasteiger partial charge in [0.15, 0.2) is 5.75 Å². The molecule has 2 aromatic rings. The third kappa shape index (κ3) is 8.47. The number of ether oxygens (including phenoxy) is 3. The number of fused-ring (bicyclic) bond motifs is 14. The van der Waals surface area contributed by atoms with Crippen molar-refractivity contribution in [2.45, 2.75) is 110 Å². The van der Waals surface area contributed by atoms with Crippen molar-refractivity contribution in [2.75, 3.05) is 38.6 Å². The molecule has 4 aliphatic heterocycles. The van der Waals surface area contributed by atoms with Crippen LogP contribution in [-0.4, -0.2) is 128 Å². The maximum Gasteiger partial charge on any atom is 0.312 e. The number of carbonyl (C=O) groups is 2. The van der Waals surface area contributed by atoms with Gasteiger partial charge in [0.05, 0.1) is 59.1 Å². The fourth-order valence-electron chi connectivity index (χ4n) is 9.08. The van der Waals surface area contributed by atoms with E-state index in [1.54, 1.807) is 46.8 Å². The number of allylic oxidation sites excluding steroid dienone is 2. The monoisotopic (exact) mass is 834 g/mol. The molecule has 0 radical (unpaired) electrons. The quantitative estimate of drug-likeness (QED) is 0.122. The average Bonchev–Trinajstić information content (AvgIpc) is 3.87. The Balaban J connectivity index is 1.46. The van der Waals surface area contributed by atoms with E-state index >= 15 is 0 Å². The molecule has 15 heteroatoms. The first kappa shape index (κ1) is 44.9. The van der Waals surface area contributed by atoms with E-state index in [1.165, 1.54) is 71.3 Å². The number of nitrogens with zero attached hydrogens (tertiary/aromatic N) is 3. The Morgan fingerprint density at radius 1 is 0.867 bits per heavy atom. The van der Waals surface area contributed by atoms with Crippen LogP contribution in [0.5, 0.6) is 23.0 Å². The molecule has 4 heterocycles. The van der Waals surface area contributed by atoms with E-state index in [2.05, 4.69) is 15.3 Å². The molecule has 2 aromatic carbocycles. The summed E-state index contributed by atoms with van der Waals surface area (Å²) in [7, 11) is 1.45. The van der Waals surface area contributed by atoms with Crippen molar-refractivity contribution in [3.8, 4) is 23.0 Å². The number of benzene rings is 2. The van der Waals surface area contributed by atoms with Gasteiger partial charge >= 0.3 is 5.79 Å². The molecule has 0 unspecified atom stereocenters. The average molecular weight is 835 g/mol. The first-order valence-electron chi connectivity index (χ1n) is 21.0. The lowest BCUT2D eigenvalue weighted by molar-refractivity contribution is -0.112. The van der Waals surface area contributed by atoms with Crippen LogP contribution >= 0.6 is 0 Å². The minimum Gasteiger partial charge on any atom is -0.507 e. The summed E-state index contributed by atoms with van der Waals surface area (Å²) in [5, 5.41) is 78.4. The number of rotatable bonds is 4. The number of anilines is 1. The van der Waals surface area contributed by atoms with E-state index in [-0.39, 0.29) is 44.5 Å². The van der Waals surface area contributed by atoms with Gasteiger partial charge in [-0.25, -0.2) is 0 Å². The Bertz CT molecular complexity index is 2070. The number of hydrazone groups is 1. The van der Waals surface area contributed by atoms with Crippen molar-refractivity contribution in [1.29, 1.82) is 0 Å². The van der Waals surface area contributed by atoms with Crippen molar-refractivity contribution >= 4 is 34.4 Å². The SMILES string of the molecule is CO[C@H]1/C=C\O[C@@]2(C)Oc3c(C)c(O)c4c(O)c(c(/C=N/N5CCN(C6CCCC6)CC5)c(O)c4c3C2=O)NC(=O)/C(C)=C\C=C[C@H](C)[C@H](O)[C@@H](C)[C@@H](O)[C@@H](C)[C@H](O)[C@H]1C. The molecule has 1 amide bonds. The molecule has 15 nitrogen and oxygen atoms in total. The topological polar surface area (TPSA) is 214 Å². The summed E-state index contributed by atoms with van der Waals surface area (Å²) in [6.45, 7) is 14.1. The maximum atomic E-state index is 14.4. The molecule has 0 spiro atoms. The number of aliphatic hydroxyl groups excluding tert-OH is 3. The van der Waals surface area contributed by atoms with E-state index < -0.39 is 82.8 Å². The summed E-state index contributed by atoms with van der Waals surface area (Å²) < 4.78 is 17.8. The van der Waals surface area contributed by atoms with Crippen LogP contribution in [0.2, 0.25) is 0 Å². The number of methoxy groups -OCH3 is 1. The van der Waals surface area contributed by atoms with Crippen LogP contribution in [-0.2, 0) is 14.3 Å². The Morgan fingerprint density at radius 2 is 1.50 bits per heavy atom. The summed E-state index contributed by atoms with van der Waals surface area (Å²) in [6, 6.07) is 0.561. The molecule has 9 atom stereocenters. The highest BCUT2D eigenvalue weighted by Gasteiger charge is 2.50. The number of carbonyl (C=O) groups excluding carboxylic acids is 2. The minimum absolute atomic E-state index is 0.0742.